The van der Waals surface area contributed by atoms with Crippen molar-refractivity contribution in [1.82, 2.24) is 10.6 Å². The first kappa shape index (κ1) is 16.5. The minimum atomic E-state index is -0.894. The fourth-order valence-electron chi connectivity index (χ4n) is 1.50. The van der Waals surface area contributed by atoms with Gasteiger partial charge in [-0.3, -0.25) is 10.1 Å². The Morgan fingerprint density at radius 3 is 2.75 bits per heavy atom. The molecule has 7 heteroatoms. The molecule has 0 aliphatic rings. The number of amides is 3. The normalized spacial score (nSPS) is 10.1. The number of halogens is 1. The van der Waals surface area contributed by atoms with E-state index < -0.39 is 11.9 Å². The molecule has 0 atom stereocenters. The predicted molar refractivity (Wildman–Crippen MR) is 79.4 cm³/mol. The van der Waals surface area contributed by atoms with Crippen LogP contribution in [0.15, 0.2) is 22.7 Å². The van der Waals surface area contributed by atoms with Gasteiger partial charge in [0.2, 0.25) is 0 Å². The van der Waals surface area contributed by atoms with E-state index in [-0.39, 0.29) is 6.61 Å². The summed E-state index contributed by atoms with van der Waals surface area (Å²) in [5, 5.41) is 5.22. The molecule has 0 aromatic heterocycles. The Hall–Kier alpha value is -1.60. The number of nitrogens with one attached hydrogen (secondary N) is 2. The van der Waals surface area contributed by atoms with Crippen LogP contribution in [0, 0.1) is 0 Å². The van der Waals surface area contributed by atoms with Gasteiger partial charge in [-0.25, -0.2) is 4.79 Å². The van der Waals surface area contributed by atoms with Crippen molar-refractivity contribution >= 4 is 27.9 Å². The molecule has 0 fully saturated rings. The Balaban J connectivity index is 2.51. The van der Waals surface area contributed by atoms with Gasteiger partial charge in [-0.15, -0.1) is 0 Å². The number of nitrogens with two attached hydrogens (primary N) is 1. The van der Waals surface area contributed by atoms with Crippen LogP contribution < -0.4 is 21.1 Å². The van der Waals surface area contributed by atoms with Gasteiger partial charge in [-0.05, 0) is 46.6 Å². The largest absolute Gasteiger partial charge is 0.483 e. The summed E-state index contributed by atoms with van der Waals surface area (Å²) in [5.74, 6) is -0.0537. The minimum absolute atomic E-state index is 0.269. The van der Waals surface area contributed by atoms with Crippen molar-refractivity contribution in [2.75, 3.05) is 13.2 Å². The third-order valence-corrected chi connectivity index (χ3v) is 2.99. The number of benzene rings is 1. The lowest BCUT2D eigenvalue weighted by molar-refractivity contribution is -0.121. The number of ether oxygens (including phenoxy) is 1. The Morgan fingerprint density at radius 1 is 1.40 bits per heavy atom. The quantitative estimate of drug-likeness (QED) is 0.654. The van der Waals surface area contributed by atoms with E-state index in [1.165, 1.54) is 0 Å². The molecule has 0 unspecified atom stereocenters. The van der Waals surface area contributed by atoms with Crippen LogP contribution in [0.25, 0.3) is 0 Å². The number of rotatable bonds is 7. The Labute approximate surface area is 126 Å². The van der Waals surface area contributed by atoms with Crippen molar-refractivity contribution in [3.8, 4) is 5.75 Å². The highest BCUT2D eigenvalue weighted by Gasteiger charge is 2.07. The molecule has 0 heterocycles. The number of urea groups is 1. The highest BCUT2D eigenvalue weighted by Crippen LogP contribution is 2.25. The van der Waals surface area contributed by atoms with Crippen molar-refractivity contribution in [1.29, 1.82) is 0 Å². The first-order chi connectivity index (χ1) is 9.52. The average molecular weight is 344 g/mol. The molecule has 6 nitrogen and oxygen atoms in total. The van der Waals surface area contributed by atoms with Crippen LogP contribution in [-0.4, -0.2) is 25.1 Å². The molecule has 1 aromatic rings. The summed E-state index contributed by atoms with van der Waals surface area (Å²) in [6, 6.07) is 4.71. The molecule has 0 aliphatic heterocycles. The molecule has 0 bridgehead atoms. The molecule has 4 N–H and O–H groups in total. The van der Waals surface area contributed by atoms with Crippen molar-refractivity contribution in [2.24, 2.45) is 5.73 Å². The molecule has 0 saturated carbocycles. The lowest BCUT2D eigenvalue weighted by atomic mass is 10.2. The van der Waals surface area contributed by atoms with Gasteiger partial charge < -0.3 is 15.8 Å². The molecule has 110 valence electrons. The van der Waals surface area contributed by atoms with Gasteiger partial charge in [0.25, 0.3) is 5.91 Å². The number of primary amides is 1. The molecule has 0 spiro atoms. The fraction of sp³-hybridized carbons (Fsp3) is 0.385. The van der Waals surface area contributed by atoms with Gasteiger partial charge in [0, 0.05) is 6.54 Å². The van der Waals surface area contributed by atoms with E-state index in [2.05, 4.69) is 28.2 Å². The summed E-state index contributed by atoms with van der Waals surface area (Å²) in [7, 11) is 0. The minimum Gasteiger partial charge on any atom is -0.483 e. The number of carbonyl (C=O) groups is 2. The molecular weight excluding hydrogens is 326 g/mol. The van der Waals surface area contributed by atoms with Crippen molar-refractivity contribution < 1.29 is 14.3 Å². The molecule has 1 rings (SSSR count). The maximum Gasteiger partial charge on any atom is 0.318 e. The van der Waals surface area contributed by atoms with Crippen LogP contribution >= 0.6 is 15.9 Å². The second-order valence-corrected chi connectivity index (χ2v) is 5.00. The maximum absolute atomic E-state index is 11.2. The van der Waals surface area contributed by atoms with Crippen LogP contribution in [0.3, 0.4) is 0 Å². The number of carbonyl (C=O) groups excluding carboxylic acids is 2. The summed E-state index contributed by atoms with van der Waals surface area (Å²) in [5.41, 5.74) is 5.94. The van der Waals surface area contributed by atoms with Crippen molar-refractivity contribution in [3.05, 3.63) is 28.2 Å². The van der Waals surface area contributed by atoms with E-state index in [9.17, 15) is 9.59 Å². The highest BCUT2D eigenvalue weighted by atomic mass is 79.9. The van der Waals surface area contributed by atoms with Gasteiger partial charge in [-0.1, -0.05) is 13.0 Å². The maximum atomic E-state index is 11.2. The van der Waals surface area contributed by atoms with Crippen molar-refractivity contribution in [3.63, 3.8) is 0 Å². The number of imide groups is 1. The SMILES string of the molecule is CCCNCc1ccc(OCC(=O)NC(N)=O)c(Br)c1. The van der Waals surface area contributed by atoms with Crippen molar-refractivity contribution in [2.45, 2.75) is 19.9 Å². The average Bonchev–Trinajstić information content (AvgIpc) is 2.37. The van der Waals surface area contributed by atoms with E-state index in [0.717, 1.165) is 29.5 Å². The van der Waals surface area contributed by atoms with Crippen LogP contribution in [0.4, 0.5) is 4.79 Å². The van der Waals surface area contributed by atoms with E-state index in [0.29, 0.717) is 5.75 Å². The molecule has 0 radical (unpaired) electrons. The Morgan fingerprint density at radius 2 is 2.15 bits per heavy atom. The van der Waals surface area contributed by atoms with Gasteiger partial charge in [-0.2, -0.15) is 0 Å². The van der Waals surface area contributed by atoms with Gasteiger partial charge >= 0.3 is 6.03 Å². The third-order valence-electron chi connectivity index (χ3n) is 2.37. The number of hydrogen-bond donors (Lipinski definition) is 3. The topological polar surface area (TPSA) is 93.4 Å². The smallest absolute Gasteiger partial charge is 0.318 e. The lowest BCUT2D eigenvalue weighted by Crippen LogP contribution is -2.38. The van der Waals surface area contributed by atoms with Crippen LogP contribution in [0.2, 0.25) is 0 Å². The summed E-state index contributed by atoms with van der Waals surface area (Å²) in [4.78, 5) is 21.7. The highest BCUT2D eigenvalue weighted by molar-refractivity contribution is 9.10. The lowest BCUT2D eigenvalue weighted by Gasteiger charge is -2.09. The zero-order chi connectivity index (χ0) is 15.0. The molecule has 0 aliphatic carbocycles. The summed E-state index contributed by atoms with van der Waals surface area (Å²) >= 11 is 3.38. The van der Waals surface area contributed by atoms with Gasteiger partial charge in [0.05, 0.1) is 4.47 Å². The van der Waals surface area contributed by atoms with E-state index >= 15 is 0 Å². The Kier molecular flexibility index (Phi) is 7.03. The molecule has 0 saturated heterocycles. The van der Waals surface area contributed by atoms with Crippen LogP contribution in [0.5, 0.6) is 5.75 Å². The van der Waals surface area contributed by atoms with Crippen LogP contribution in [0.1, 0.15) is 18.9 Å². The zero-order valence-electron chi connectivity index (χ0n) is 11.2. The summed E-state index contributed by atoms with van der Waals surface area (Å²) in [6.45, 7) is 3.57. The molecule has 1 aromatic carbocycles. The second-order valence-electron chi connectivity index (χ2n) is 4.14. The standard InChI is InChI=1S/C13H18BrN3O3/c1-2-5-16-7-9-3-4-11(10(14)6-9)20-8-12(18)17-13(15)19/h3-4,6,16H,2,5,7-8H2,1H3,(H3,15,17,18,19). The molecular formula is C13H18BrN3O3. The van der Waals surface area contributed by atoms with E-state index in [4.69, 9.17) is 10.5 Å². The predicted octanol–water partition coefficient (Wildman–Crippen LogP) is 1.52. The first-order valence-electron chi connectivity index (χ1n) is 6.24. The first-order valence-corrected chi connectivity index (χ1v) is 7.03. The molecule has 20 heavy (non-hydrogen) atoms. The van der Waals surface area contributed by atoms with Gasteiger partial charge in [0.15, 0.2) is 6.61 Å². The summed E-state index contributed by atoms with van der Waals surface area (Å²) in [6.07, 6.45) is 1.08. The fourth-order valence-corrected chi connectivity index (χ4v) is 2.04. The number of hydrogen-bond acceptors (Lipinski definition) is 4. The van der Waals surface area contributed by atoms with E-state index in [1.807, 2.05) is 17.4 Å². The summed E-state index contributed by atoms with van der Waals surface area (Å²) < 4.78 is 6.04. The Bertz CT molecular complexity index is 480. The molecule has 3 amide bonds. The van der Waals surface area contributed by atoms with Crippen LogP contribution in [-0.2, 0) is 11.3 Å². The zero-order valence-corrected chi connectivity index (χ0v) is 12.8. The second kappa shape index (κ2) is 8.55. The van der Waals surface area contributed by atoms with Gasteiger partial charge in [0.1, 0.15) is 5.75 Å². The van der Waals surface area contributed by atoms with E-state index in [1.54, 1.807) is 6.07 Å². The third kappa shape index (κ3) is 6.03. The monoisotopic (exact) mass is 343 g/mol.